The highest BCUT2D eigenvalue weighted by Crippen LogP contribution is 2.18. The minimum Gasteiger partial charge on any atom is -0.462 e. The number of hydrogen-bond acceptors (Lipinski definition) is 5. The number of aliphatic hydroxyl groups is 2. The van der Waals surface area contributed by atoms with Crippen molar-refractivity contribution in [2.75, 3.05) is 6.61 Å². The number of esters is 1. The van der Waals surface area contributed by atoms with Gasteiger partial charge in [0, 0.05) is 6.42 Å². The van der Waals surface area contributed by atoms with E-state index < -0.39 is 18.2 Å². The van der Waals surface area contributed by atoms with Gasteiger partial charge < -0.3 is 20.3 Å². The van der Waals surface area contributed by atoms with E-state index in [1.54, 1.807) is 0 Å². The van der Waals surface area contributed by atoms with E-state index in [0.29, 0.717) is 19.3 Å². The molecule has 0 heterocycles. The maximum absolute atomic E-state index is 13.2. The van der Waals surface area contributed by atoms with Crippen LogP contribution in [0.15, 0.2) is 48.6 Å². The number of aliphatic hydroxyl groups excluding tert-OH is 2. The molecular formula is C54H99NO5. The number of carbonyl (C=O) groups excluding carboxylic acids is 2. The van der Waals surface area contributed by atoms with Crippen LogP contribution in [0.4, 0.5) is 0 Å². The molecule has 0 radical (unpaired) electrons. The van der Waals surface area contributed by atoms with E-state index in [1.807, 2.05) is 0 Å². The summed E-state index contributed by atoms with van der Waals surface area (Å²) >= 11 is 0. The first kappa shape index (κ1) is 57.8. The Morgan fingerprint density at radius 1 is 0.500 bits per heavy atom. The summed E-state index contributed by atoms with van der Waals surface area (Å²) < 4.78 is 5.93. The average Bonchev–Trinajstić information content (AvgIpc) is 3.24. The van der Waals surface area contributed by atoms with E-state index in [0.717, 1.165) is 77.0 Å². The second-order valence-corrected chi connectivity index (χ2v) is 17.6. The van der Waals surface area contributed by atoms with Gasteiger partial charge in [-0.05, 0) is 70.6 Å². The van der Waals surface area contributed by atoms with Crippen LogP contribution in [0, 0.1) is 0 Å². The van der Waals surface area contributed by atoms with Gasteiger partial charge in [0.2, 0.25) is 5.91 Å². The normalized spacial score (nSPS) is 13.6. The lowest BCUT2D eigenvalue weighted by atomic mass is 10.0. The van der Waals surface area contributed by atoms with Crippen LogP contribution in [0.1, 0.15) is 258 Å². The monoisotopic (exact) mass is 842 g/mol. The molecule has 0 fully saturated rings. The van der Waals surface area contributed by atoms with Crippen LogP contribution >= 0.6 is 0 Å². The van der Waals surface area contributed by atoms with Gasteiger partial charge in [-0.15, -0.1) is 0 Å². The van der Waals surface area contributed by atoms with E-state index in [2.05, 4.69) is 74.7 Å². The Morgan fingerprint density at radius 3 is 1.42 bits per heavy atom. The number of ether oxygens (including phenoxy) is 1. The molecule has 0 aromatic heterocycles. The molecular weight excluding hydrogens is 743 g/mol. The third kappa shape index (κ3) is 42.5. The first-order valence-electron chi connectivity index (χ1n) is 25.9. The standard InChI is InChI=1S/C54H99NO5/c1-4-7-10-13-16-19-22-25-26-29-32-35-38-41-44-47-54(59)60-50(45-42-39-36-33-30-27-23-20-17-14-11-8-5-2)48-53(58)55-51(49-56)52(57)46-43-40-37-34-31-28-24-21-18-15-12-9-6-3/h7,10,13,16,19-20,22-23,50-52,56-57H,4-6,8-9,11-12,14-15,17-18,21,24-49H2,1-3H3,(H,55,58)/b10-7+,16-13+,22-19+,23-20-. The second-order valence-electron chi connectivity index (χ2n) is 17.6. The second kappa shape index (κ2) is 47.9. The van der Waals surface area contributed by atoms with E-state index >= 15 is 0 Å². The number of carbonyl (C=O) groups is 2. The number of rotatable bonds is 46. The molecule has 0 aromatic rings. The Kier molecular flexibility index (Phi) is 46.1. The first-order chi connectivity index (χ1) is 29.5. The fourth-order valence-corrected chi connectivity index (χ4v) is 7.78. The van der Waals surface area contributed by atoms with Gasteiger partial charge in [0.1, 0.15) is 6.10 Å². The summed E-state index contributed by atoms with van der Waals surface area (Å²) in [6, 6.07) is -0.705. The maximum Gasteiger partial charge on any atom is 0.306 e. The minimum absolute atomic E-state index is 0.0676. The lowest BCUT2D eigenvalue weighted by molar-refractivity contribution is -0.151. The highest BCUT2D eigenvalue weighted by molar-refractivity contribution is 5.77. The molecule has 6 nitrogen and oxygen atoms in total. The van der Waals surface area contributed by atoms with Gasteiger partial charge in [-0.25, -0.2) is 0 Å². The van der Waals surface area contributed by atoms with Gasteiger partial charge in [0.25, 0.3) is 0 Å². The van der Waals surface area contributed by atoms with Crippen LogP contribution < -0.4 is 5.32 Å². The minimum atomic E-state index is -0.791. The summed E-state index contributed by atoms with van der Waals surface area (Å²) in [5.41, 5.74) is 0. The largest absolute Gasteiger partial charge is 0.462 e. The Balaban J connectivity index is 4.58. The molecule has 0 saturated heterocycles. The van der Waals surface area contributed by atoms with E-state index in [4.69, 9.17) is 4.74 Å². The van der Waals surface area contributed by atoms with Crippen molar-refractivity contribution in [1.82, 2.24) is 5.32 Å². The highest BCUT2D eigenvalue weighted by atomic mass is 16.5. The van der Waals surface area contributed by atoms with Crippen molar-refractivity contribution in [3.05, 3.63) is 48.6 Å². The van der Waals surface area contributed by atoms with Gasteiger partial charge in [0.15, 0.2) is 0 Å². The number of nitrogens with one attached hydrogen (secondary N) is 1. The molecule has 0 aliphatic rings. The summed E-state index contributed by atoms with van der Waals surface area (Å²) in [6.07, 6.45) is 57.4. The Hall–Kier alpha value is -2.18. The van der Waals surface area contributed by atoms with Gasteiger partial charge in [-0.3, -0.25) is 9.59 Å². The quantitative estimate of drug-likeness (QED) is 0.0246. The molecule has 0 rings (SSSR count). The molecule has 350 valence electrons. The Morgan fingerprint density at radius 2 is 0.917 bits per heavy atom. The summed E-state index contributed by atoms with van der Waals surface area (Å²) in [5, 5.41) is 23.8. The third-order valence-corrected chi connectivity index (χ3v) is 11.7. The molecule has 0 aliphatic heterocycles. The van der Waals surface area contributed by atoms with Crippen LogP contribution in [0.2, 0.25) is 0 Å². The lowest BCUT2D eigenvalue weighted by Crippen LogP contribution is -2.46. The smallest absolute Gasteiger partial charge is 0.306 e. The molecule has 1 amide bonds. The molecule has 0 bridgehead atoms. The zero-order valence-electron chi connectivity index (χ0n) is 39.8. The highest BCUT2D eigenvalue weighted by Gasteiger charge is 2.24. The Bertz CT molecular complexity index is 1040. The molecule has 3 atom stereocenters. The summed E-state index contributed by atoms with van der Waals surface area (Å²) in [6.45, 7) is 6.34. The lowest BCUT2D eigenvalue weighted by Gasteiger charge is -2.24. The van der Waals surface area contributed by atoms with E-state index in [1.165, 1.54) is 135 Å². The van der Waals surface area contributed by atoms with Gasteiger partial charge in [-0.2, -0.15) is 0 Å². The van der Waals surface area contributed by atoms with Crippen LogP contribution in [0.5, 0.6) is 0 Å². The van der Waals surface area contributed by atoms with Crippen molar-refractivity contribution in [3.8, 4) is 0 Å². The molecule has 0 saturated carbocycles. The van der Waals surface area contributed by atoms with Crippen molar-refractivity contribution in [3.63, 3.8) is 0 Å². The molecule has 60 heavy (non-hydrogen) atoms. The van der Waals surface area contributed by atoms with Crippen LogP contribution in [0.25, 0.3) is 0 Å². The summed E-state index contributed by atoms with van der Waals surface area (Å²) in [7, 11) is 0. The van der Waals surface area contributed by atoms with Crippen LogP contribution in [0.3, 0.4) is 0 Å². The first-order valence-corrected chi connectivity index (χ1v) is 25.9. The predicted molar refractivity (Wildman–Crippen MR) is 259 cm³/mol. The molecule has 6 heteroatoms. The van der Waals surface area contributed by atoms with Gasteiger partial charge in [-0.1, -0.05) is 223 Å². The zero-order valence-corrected chi connectivity index (χ0v) is 39.8. The molecule has 0 aromatic carbocycles. The zero-order chi connectivity index (χ0) is 43.8. The topological polar surface area (TPSA) is 95.9 Å². The van der Waals surface area contributed by atoms with E-state index in [-0.39, 0.29) is 24.9 Å². The molecule has 3 N–H and O–H groups in total. The maximum atomic E-state index is 13.2. The molecule has 0 spiro atoms. The third-order valence-electron chi connectivity index (χ3n) is 11.7. The van der Waals surface area contributed by atoms with E-state index in [9.17, 15) is 19.8 Å². The van der Waals surface area contributed by atoms with Crippen molar-refractivity contribution in [2.24, 2.45) is 0 Å². The van der Waals surface area contributed by atoms with Gasteiger partial charge in [0.05, 0.1) is 25.2 Å². The Labute approximate surface area is 372 Å². The van der Waals surface area contributed by atoms with Crippen molar-refractivity contribution >= 4 is 11.9 Å². The number of hydrogen-bond donors (Lipinski definition) is 3. The fraction of sp³-hybridized carbons (Fsp3) is 0.815. The fourth-order valence-electron chi connectivity index (χ4n) is 7.78. The van der Waals surface area contributed by atoms with Crippen molar-refractivity contribution in [1.29, 1.82) is 0 Å². The van der Waals surface area contributed by atoms with Crippen LogP contribution in [-0.4, -0.2) is 46.9 Å². The number of allylic oxidation sites excluding steroid dienone is 8. The predicted octanol–water partition coefficient (Wildman–Crippen LogP) is 15.5. The molecule has 0 aliphatic carbocycles. The summed E-state index contributed by atoms with van der Waals surface area (Å²) in [5.74, 6) is -0.490. The van der Waals surface area contributed by atoms with Crippen molar-refractivity contribution in [2.45, 2.75) is 277 Å². The van der Waals surface area contributed by atoms with Crippen molar-refractivity contribution < 1.29 is 24.5 Å². The summed E-state index contributed by atoms with van der Waals surface area (Å²) in [4.78, 5) is 26.1. The number of amides is 1. The number of unbranched alkanes of at least 4 members (excludes halogenated alkanes) is 28. The van der Waals surface area contributed by atoms with Crippen LogP contribution in [-0.2, 0) is 14.3 Å². The average molecular weight is 842 g/mol. The molecule has 3 unspecified atom stereocenters. The van der Waals surface area contributed by atoms with Gasteiger partial charge >= 0.3 is 5.97 Å². The SMILES string of the molecule is CC/C=C/C=C/C=C/CCCCCCCCCC(=O)OC(CCCCCCC/C=C\CCCCCC)CC(=O)NC(CO)C(O)CCCCCCCCCCCCCCC.